The van der Waals surface area contributed by atoms with Crippen molar-refractivity contribution in [1.82, 2.24) is 14.4 Å². The van der Waals surface area contributed by atoms with Gasteiger partial charge in [0.2, 0.25) is 5.76 Å². The molecular formula is C19H20F3N3O3S2. The molecule has 0 aliphatic rings. The van der Waals surface area contributed by atoms with E-state index in [4.69, 9.17) is 0 Å². The van der Waals surface area contributed by atoms with Crippen molar-refractivity contribution in [3.8, 4) is 10.6 Å². The Kier molecular flexibility index (Phi) is 6.65. The Morgan fingerprint density at radius 2 is 1.77 bits per heavy atom. The molecule has 0 amide bonds. The molecular weight excluding hydrogens is 439 g/mol. The van der Waals surface area contributed by atoms with Gasteiger partial charge in [0.1, 0.15) is 9.90 Å². The largest absolute Gasteiger partial charge is 0.452 e. The van der Waals surface area contributed by atoms with E-state index in [1.54, 1.807) is 0 Å². The van der Waals surface area contributed by atoms with Crippen LogP contribution >= 0.6 is 11.3 Å². The second-order valence-electron chi connectivity index (χ2n) is 6.82. The molecule has 0 fully saturated rings. The molecule has 0 bridgehead atoms. The van der Waals surface area contributed by atoms with Crippen molar-refractivity contribution < 1.29 is 26.1 Å². The molecule has 11 heteroatoms. The van der Waals surface area contributed by atoms with E-state index in [-0.39, 0.29) is 27.9 Å². The number of alkyl halides is 3. The lowest BCUT2D eigenvalue weighted by molar-refractivity contribution is -0.155. The number of rotatable bonds is 8. The molecule has 0 N–H and O–H groups in total. The van der Waals surface area contributed by atoms with E-state index in [1.807, 2.05) is 49.3 Å². The average Bonchev–Trinajstić information content (AvgIpc) is 3.34. The van der Waals surface area contributed by atoms with Crippen LogP contribution in [0.4, 0.5) is 13.2 Å². The van der Waals surface area contributed by atoms with Crippen LogP contribution < -0.4 is 0 Å². The first kappa shape index (κ1) is 22.5. The molecule has 6 nitrogen and oxygen atoms in total. The molecule has 0 saturated carbocycles. The van der Waals surface area contributed by atoms with Gasteiger partial charge >= 0.3 is 6.18 Å². The number of hydrogen-bond acceptors (Lipinski definition) is 6. The minimum absolute atomic E-state index is 0.0312. The molecule has 30 heavy (non-hydrogen) atoms. The van der Waals surface area contributed by atoms with E-state index in [1.165, 1.54) is 16.4 Å². The fourth-order valence-corrected chi connectivity index (χ4v) is 5.46. The van der Waals surface area contributed by atoms with Crippen molar-refractivity contribution in [2.75, 3.05) is 27.2 Å². The number of halogens is 3. The predicted octanol–water partition coefficient (Wildman–Crippen LogP) is 4.17. The second-order valence-corrected chi connectivity index (χ2v) is 10.1. The third-order valence-electron chi connectivity index (χ3n) is 4.22. The number of aromatic nitrogens is 1. The molecule has 0 radical (unpaired) electrons. The number of nitrogens with zero attached hydrogens (tertiary/aromatic N) is 3. The Morgan fingerprint density at radius 3 is 2.37 bits per heavy atom. The van der Waals surface area contributed by atoms with Crippen molar-refractivity contribution in [2.24, 2.45) is 0 Å². The van der Waals surface area contributed by atoms with E-state index < -0.39 is 22.0 Å². The number of sulfonamides is 1. The number of likely N-dealkylation sites (N-methyl/N-ethyl adjacent to an activating group) is 1. The molecule has 0 spiro atoms. The number of benzene rings is 1. The lowest BCUT2D eigenvalue weighted by Gasteiger charge is -2.23. The van der Waals surface area contributed by atoms with Crippen LogP contribution in [0.1, 0.15) is 11.3 Å². The second kappa shape index (κ2) is 8.88. The van der Waals surface area contributed by atoms with E-state index in [0.29, 0.717) is 6.54 Å². The zero-order valence-electron chi connectivity index (χ0n) is 16.3. The first-order chi connectivity index (χ1) is 14.1. The van der Waals surface area contributed by atoms with Crippen LogP contribution in [0, 0.1) is 0 Å². The van der Waals surface area contributed by atoms with E-state index in [2.05, 4.69) is 9.68 Å². The highest BCUT2D eigenvalue weighted by molar-refractivity contribution is 7.91. The summed E-state index contributed by atoms with van der Waals surface area (Å²) in [6.07, 6.45) is -4.66. The van der Waals surface area contributed by atoms with Gasteiger partial charge in [0.15, 0.2) is 0 Å². The SMILES string of the molecule is CN(C)CCN(Cc1ccccc1)S(=O)(=O)c1ccc(-c2cc(C(F)(F)F)on2)s1. The summed E-state index contributed by atoms with van der Waals surface area (Å²) in [6, 6.07) is 12.8. The van der Waals surface area contributed by atoms with Crippen molar-refractivity contribution in [3.05, 3.63) is 59.9 Å². The molecule has 0 saturated heterocycles. The van der Waals surface area contributed by atoms with E-state index in [0.717, 1.165) is 23.0 Å². The van der Waals surface area contributed by atoms with Crippen molar-refractivity contribution in [3.63, 3.8) is 0 Å². The van der Waals surface area contributed by atoms with Gasteiger partial charge in [-0.2, -0.15) is 17.5 Å². The zero-order valence-corrected chi connectivity index (χ0v) is 17.9. The third kappa shape index (κ3) is 5.28. The molecule has 0 atom stereocenters. The summed E-state index contributed by atoms with van der Waals surface area (Å²) in [5.74, 6) is -1.23. The summed E-state index contributed by atoms with van der Waals surface area (Å²) in [5, 5.41) is 3.42. The van der Waals surface area contributed by atoms with Crippen LogP contribution in [0.25, 0.3) is 10.6 Å². The topological polar surface area (TPSA) is 66.7 Å². The summed E-state index contributed by atoms with van der Waals surface area (Å²) < 4.78 is 70.4. The first-order valence-corrected chi connectivity index (χ1v) is 11.2. The Balaban J connectivity index is 1.88. The van der Waals surface area contributed by atoms with Crippen LogP contribution in [-0.2, 0) is 22.7 Å². The predicted molar refractivity (Wildman–Crippen MR) is 107 cm³/mol. The third-order valence-corrected chi connectivity index (χ3v) is 7.64. The monoisotopic (exact) mass is 459 g/mol. The van der Waals surface area contributed by atoms with Gasteiger partial charge in [-0.25, -0.2) is 8.42 Å². The molecule has 0 unspecified atom stereocenters. The summed E-state index contributed by atoms with van der Waals surface area (Å²) in [4.78, 5) is 2.15. The van der Waals surface area contributed by atoms with Gasteiger partial charge in [-0.05, 0) is 31.8 Å². The van der Waals surface area contributed by atoms with Crippen LogP contribution in [0.3, 0.4) is 0 Å². The van der Waals surface area contributed by atoms with E-state index >= 15 is 0 Å². The fraction of sp³-hybridized carbons (Fsp3) is 0.316. The molecule has 0 aliphatic carbocycles. The minimum Gasteiger partial charge on any atom is -0.351 e. The maximum atomic E-state index is 13.3. The maximum absolute atomic E-state index is 13.3. The lowest BCUT2D eigenvalue weighted by Crippen LogP contribution is -2.35. The minimum atomic E-state index is -4.66. The van der Waals surface area contributed by atoms with Gasteiger partial charge in [0.05, 0.1) is 4.88 Å². The molecule has 2 heterocycles. The van der Waals surface area contributed by atoms with Crippen LogP contribution in [0.5, 0.6) is 0 Å². The Bertz CT molecular complexity index is 1080. The first-order valence-electron chi connectivity index (χ1n) is 8.90. The van der Waals surface area contributed by atoms with Crippen molar-refractivity contribution >= 4 is 21.4 Å². The molecule has 3 rings (SSSR count). The Morgan fingerprint density at radius 1 is 1.07 bits per heavy atom. The summed E-state index contributed by atoms with van der Waals surface area (Å²) in [7, 11) is -0.166. The molecule has 2 aromatic heterocycles. The van der Waals surface area contributed by atoms with Gasteiger partial charge in [-0.1, -0.05) is 35.5 Å². The number of hydrogen-bond donors (Lipinski definition) is 0. The van der Waals surface area contributed by atoms with Gasteiger partial charge in [0, 0.05) is 25.7 Å². The maximum Gasteiger partial charge on any atom is 0.452 e. The lowest BCUT2D eigenvalue weighted by atomic mass is 10.2. The van der Waals surface area contributed by atoms with Gasteiger partial charge in [-0.15, -0.1) is 11.3 Å². The summed E-state index contributed by atoms with van der Waals surface area (Å²) in [5.41, 5.74) is 0.777. The molecule has 0 aliphatic heterocycles. The van der Waals surface area contributed by atoms with Crippen LogP contribution in [0.2, 0.25) is 0 Å². The standard InChI is InChI=1S/C19H20F3N3O3S2/c1-24(2)10-11-25(13-14-6-4-3-5-7-14)30(26,27)18-9-8-16(29-18)15-12-17(28-23-15)19(20,21)22/h3-9,12H,10-11,13H2,1-2H3. The van der Waals surface area contributed by atoms with Gasteiger partial charge in [-0.3, -0.25) is 0 Å². The summed E-state index contributed by atoms with van der Waals surface area (Å²) >= 11 is 0.857. The van der Waals surface area contributed by atoms with Gasteiger partial charge in [0.25, 0.3) is 10.0 Å². The van der Waals surface area contributed by atoms with Gasteiger partial charge < -0.3 is 9.42 Å². The van der Waals surface area contributed by atoms with E-state index in [9.17, 15) is 21.6 Å². The fourth-order valence-electron chi connectivity index (χ4n) is 2.63. The average molecular weight is 460 g/mol. The molecule has 162 valence electrons. The van der Waals surface area contributed by atoms with Crippen molar-refractivity contribution in [1.29, 1.82) is 0 Å². The highest BCUT2D eigenvalue weighted by Crippen LogP contribution is 2.36. The zero-order chi connectivity index (χ0) is 21.9. The van der Waals surface area contributed by atoms with Crippen LogP contribution in [0.15, 0.2) is 57.3 Å². The van der Waals surface area contributed by atoms with Crippen molar-refractivity contribution in [2.45, 2.75) is 16.9 Å². The normalized spacial score (nSPS) is 12.8. The Hall–Kier alpha value is -2.21. The Labute approximate surface area is 176 Å². The van der Waals surface area contributed by atoms with Crippen LogP contribution in [-0.4, -0.2) is 50.0 Å². The highest BCUT2D eigenvalue weighted by Gasteiger charge is 2.36. The quantitative estimate of drug-likeness (QED) is 0.506. The summed E-state index contributed by atoms with van der Waals surface area (Å²) in [6.45, 7) is 0.967. The molecule has 1 aromatic carbocycles. The molecule has 3 aromatic rings. The smallest absolute Gasteiger partial charge is 0.351 e. The highest BCUT2D eigenvalue weighted by atomic mass is 32.2. The number of thiophene rings is 1.